The van der Waals surface area contributed by atoms with E-state index < -0.39 is 0 Å². The fourth-order valence-electron chi connectivity index (χ4n) is 4.47. The summed E-state index contributed by atoms with van der Waals surface area (Å²) in [5.41, 5.74) is 7.69. The van der Waals surface area contributed by atoms with Crippen molar-refractivity contribution in [1.82, 2.24) is 9.97 Å². The molecule has 0 atom stereocenters. The van der Waals surface area contributed by atoms with Gasteiger partial charge in [-0.3, -0.25) is 4.79 Å². The molecular weight excluding hydrogens is 422 g/mol. The van der Waals surface area contributed by atoms with Crippen molar-refractivity contribution in [3.8, 4) is 22.5 Å². The van der Waals surface area contributed by atoms with Crippen LogP contribution < -0.4 is 5.32 Å². The Bertz CT molecular complexity index is 1300. The molecular formula is C29H27N3O2. The molecule has 5 nitrogen and oxygen atoms in total. The molecule has 0 saturated heterocycles. The maximum atomic E-state index is 12.8. The molecule has 0 aliphatic heterocycles. The first-order valence-corrected chi connectivity index (χ1v) is 11.7. The van der Waals surface area contributed by atoms with Crippen LogP contribution in [0.3, 0.4) is 0 Å². The largest absolute Gasteiger partial charge is 0.392 e. The minimum absolute atomic E-state index is 0.0241. The minimum Gasteiger partial charge on any atom is -0.392 e. The van der Waals surface area contributed by atoms with Gasteiger partial charge in [0.15, 0.2) is 5.82 Å². The van der Waals surface area contributed by atoms with Crippen molar-refractivity contribution in [1.29, 1.82) is 0 Å². The van der Waals surface area contributed by atoms with Gasteiger partial charge in [-0.1, -0.05) is 78.9 Å². The number of nitrogens with zero attached hydrogens (tertiary/aromatic N) is 2. The van der Waals surface area contributed by atoms with E-state index in [0.29, 0.717) is 17.9 Å². The average molecular weight is 450 g/mol. The smallest absolute Gasteiger partial charge is 0.225 e. The highest BCUT2D eigenvalue weighted by molar-refractivity contribution is 5.93. The first-order chi connectivity index (χ1) is 16.7. The number of benzene rings is 3. The number of rotatable bonds is 7. The van der Waals surface area contributed by atoms with Crippen LogP contribution in [0.15, 0.2) is 78.9 Å². The Kier molecular flexibility index (Phi) is 6.45. The maximum absolute atomic E-state index is 12.8. The summed E-state index contributed by atoms with van der Waals surface area (Å²) < 4.78 is 0. The van der Waals surface area contributed by atoms with E-state index in [1.54, 1.807) is 0 Å². The molecule has 1 aliphatic carbocycles. The number of aliphatic hydroxyl groups excluding tert-OH is 1. The fourth-order valence-corrected chi connectivity index (χ4v) is 4.47. The third-order valence-corrected chi connectivity index (χ3v) is 6.22. The predicted octanol–water partition coefficient (Wildman–Crippen LogP) is 5.36. The van der Waals surface area contributed by atoms with E-state index >= 15 is 0 Å². The normalized spacial score (nSPS) is 12.0. The molecule has 0 spiro atoms. The lowest BCUT2D eigenvalue weighted by molar-refractivity contribution is -0.116. The number of nitrogens with one attached hydrogen (secondary N) is 1. The van der Waals surface area contributed by atoms with E-state index in [1.165, 1.54) is 11.1 Å². The molecule has 170 valence electrons. The van der Waals surface area contributed by atoms with E-state index in [2.05, 4.69) is 17.4 Å². The minimum atomic E-state index is -0.0499. The first-order valence-electron chi connectivity index (χ1n) is 11.7. The highest BCUT2D eigenvalue weighted by Crippen LogP contribution is 2.36. The topological polar surface area (TPSA) is 75.1 Å². The first kappa shape index (κ1) is 22.0. The van der Waals surface area contributed by atoms with Crippen LogP contribution in [0.5, 0.6) is 0 Å². The lowest BCUT2D eigenvalue weighted by Crippen LogP contribution is -2.17. The molecule has 1 aromatic heterocycles. The molecule has 0 unspecified atom stereocenters. The second-order valence-electron chi connectivity index (χ2n) is 8.62. The van der Waals surface area contributed by atoms with Gasteiger partial charge in [0, 0.05) is 17.5 Å². The number of carbonyl (C=O) groups excluding carboxylic acids is 1. The number of aliphatic hydroxyl groups is 1. The van der Waals surface area contributed by atoms with Crippen LogP contribution in [0.4, 0.5) is 5.82 Å². The average Bonchev–Trinajstić information content (AvgIpc) is 2.89. The Balaban J connectivity index is 1.43. The van der Waals surface area contributed by atoms with Crippen LogP contribution >= 0.6 is 0 Å². The molecule has 4 aromatic rings. The monoisotopic (exact) mass is 449 g/mol. The van der Waals surface area contributed by atoms with Gasteiger partial charge in [-0.2, -0.15) is 0 Å². The molecule has 0 fully saturated rings. The highest BCUT2D eigenvalue weighted by atomic mass is 16.3. The molecule has 1 aliphatic rings. The van der Waals surface area contributed by atoms with Gasteiger partial charge >= 0.3 is 0 Å². The number of anilines is 1. The van der Waals surface area contributed by atoms with Gasteiger partial charge in [-0.25, -0.2) is 9.97 Å². The Labute approximate surface area is 199 Å². The Morgan fingerprint density at radius 2 is 1.62 bits per heavy atom. The Morgan fingerprint density at radius 3 is 2.38 bits per heavy atom. The number of hydrogen-bond donors (Lipinski definition) is 2. The number of fused-ring (bicyclic) bond motifs is 3. The molecule has 5 heteroatoms. The van der Waals surface area contributed by atoms with Crippen LogP contribution in [0.2, 0.25) is 0 Å². The number of carbonyl (C=O) groups is 1. The number of hydrogen-bond acceptors (Lipinski definition) is 4. The quantitative estimate of drug-likeness (QED) is 0.398. The van der Waals surface area contributed by atoms with Crippen LogP contribution in [0, 0.1) is 0 Å². The third-order valence-electron chi connectivity index (χ3n) is 6.22. The molecule has 1 amide bonds. The summed E-state index contributed by atoms with van der Waals surface area (Å²) in [5.74, 6) is 0.469. The van der Waals surface area contributed by atoms with Crippen LogP contribution in [-0.4, -0.2) is 21.0 Å². The second-order valence-corrected chi connectivity index (χ2v) is 8.62. The van der Waals surface area contributed by atoms with Gasteiger partial charge in [0.05, 0.1) is 18.0 Å². The van der Waals surface area contributed by atoms with Crippen LogP contribution in [0.25, 0.3) is 22.5 Å². The summed E-state index contributed by atoms with van der Waals surface area (Å²) in [4.78, 5) is 22.7. The lowest BCUT2D eigenvalue weighted by Gasteiger charge is -2.21. The summed E-state index contributed by atoms with van der Waals surface area (Å²) >= 11 is 0. The molecule has 0 saturated carbocycles. The van der Waals surface area contributed by atoms with E-state index in [4.69, 9.17) is 9.97 Å². The van der Waals surface area contributed by atoms with Crippen molar-refractivity contribution in [3.63, 3.8) is 0 Å². The third kappa shape index (κ3) is 4.75. The number of aryl methyl sites for hydroxylation is 3. The molecule has 2 N–H and O–H groups in total. The van der Waals surface area contributed by atoms with E-state index in [-0.39, 0.29) is 12.5 Å². The zero-order chi connectivity index (χ0) is 23.3. The van der Waals surface area contributed by atoms with Gasteiger partial charge < -0.3 is 10.4 Å². The van der Waals surface area contributed by atoms with E-state index in [0.717, 1.165) is 53.8 Å². The number of amides is 1. The zero-order valence-electron chi connectivity index (χ0n) is 19.0. The summed E-state index contributed by atoms with van der Waals surface area (Å²) in [6.07, 6.45) is 3.64. The van der Waals surface area contributed by atoms with Crippen LogP contribution in [-0.2, 0) is 30.7 Å². The number of aromatic nitrogens is 2. The molecule has 1 heterocycles. The van der Waals surface area contributed by atoms with Crippen molar-refractivity contribution in [3.05, 3.63) is 101 Å². The summed E-state index contributed by atoms with van der Waals surface area (Å²) in [5, 5.41) is 12.5. The van der Waals surface area contributed by atoms with E-state index in [1.807, 2.05) is 66.7 Å². The fraction of sp³-hybridized carbons (Fsp3) is 0.207. The second kappa shape index (κ2) is 9.98. The summed E-state index contributed by atoms with van der Waals surface area (Å²) in [6, 6.07) is 26.1. The van der Waals surface area contributed by atoms with Crippen molar-refractivity contribution in [2.45, 2.75) is 38.7 Å². The Morgan fingerprint density at radius 1 is 0.853 bits per heavy atom. The maximum Gasteiger partial charge on any atom is 0.225 e. The predicted molar refractivity (Wildman–Crippen MR) is 134 cm³/mol. The Hall–Kier alpha value is -3.83. The van der Waals surface area contributed by atoms with Gasteiger partial charge in [0.2, 0.25) is 5.91 Å². The summed E-state index contributed by atoms with van der Waals surface area (Å²) in [6.45, 7) is 0.0241. The molecule has 0 radical (unpaired) electrons. The van der Waals surface area contributed by atoms with Crippen molar-refractivity contribution >= 4 is 11.7 Å². The van der Waals surface area contributed by atoms with Crippen molar-refractivity contribution in [2.24, 2.45) is 0 Å². The van der Waals surface area contributed by atoms with Gasteiger partial charge in [-0.05, 0) is 42.4 Å². The molecule has 5 rings (SSSR count). The van der Waals surface area contributed by atoms with E-state index in [9.17, 15) is 9.90 Å². The van der Waals surface area contributed by atoms with Crippen LogP contribution in [0.1, 0.15) is 35.2 Å². The SMILES string of the molecule is O=C(CCCc1ccccc1)Nc1nc2c(nc1-c1ccccc1)-c1ccc(CO)cc1CC2. The molecule has 3 aromatic carbocycles. The zero-order valence-corrected chi connectivity index (χ0v) is 19.0. The summed E-state index contributed by atoms with van der Waals surface area (Å²) in [7, 11) is 0. The molecule has 34 heavy (non-hydrogen) atoms. The van der Waals surface area contributed by atoms with Crippen molar-refractivity contribution < 1.29 is 9.90 Å². The van der Waals surface area contributed by atoms with Gasteiger partial charge in [0.1, 0.15) is 5.69 Å². The lowest BCUT2D eigenvalue weighted by atomic mass is 9.90. The van der Waals surface area contributed by atoms with Gasteiger partial charge in [0.25, 0.3) is 0 Å². The highest BCUT2D eigenvalue weighted by Gasteiger charge is 2.23. The standard InChI is InChI=1S/C29H27N3O2/c33-19-21-14-16-24-23(18-21)15-17-25-28(24)32-27(22-11-5-2-6-12-22)29(30-25)31-26(34)13-7-10-20-8-3-1-4-9-20/h1-6,8-9,11-12,14,16,18,33H,7,10,13,15,17,19H2,(H,30,31,34). The van der Waals surface area contributed by atoms with Gasteiger partial charge in [-0.15, -0.1) is 0 Å². The molecule has 0 bridgehead atoms. The van der Waals surface area contributed by atoms with Crippen molar-refractivity contribution in [2.75, 3.05) is 5.32 Å².